The van der Waals surface area contributed by atoms with Gasteiger partial charge < -0.3 is 9.84 Å². The summed E-state index contributed by atoms with van der Waals surface area (Å²) in [6, 6.07) is 4.16. The lowest BCUT2D eigenvalue weighted by molar-refractivity contribution is 0.0693. The lowest BCUT2D eigenvalue weighted by Gasteiger charge is -2.08. The second kappa shape index (κ2) is 5.31. The average Bonchev–Trinajstić information content (AvgIpc) is 2.36. The van der Waals surface area contributed by atoms with Crippen molar-refractivity contribution in [1.29, 1.82) is 0 Å². The standard InChI is InChI=1S/C12H6BrF2NO3/c13-6-3-8(12(17)18)11(16-5-6)19-7-1-2-9(14)10(15)4-7/h1-5H,(H,17,18). The first-order valence-electron chi connectivity index (χ1n) is 4.99. The molecule has 0 atom stereocenters. The van der Waals surface area contributed by atoms with Crippen LogP contribution in [-0.2, 0) is 0 Å². The van der Waals surface area contributed by atoms with Crippen molar-refractivity contribution in [2.24, 2.45) is 0 Å². The molecule has 7 heteroatoms. The van der Waals surface area contributed by atoms with Crippen molar-refractivity contribution in [2.45, 2.75) is 0 Å². The fourth-order valence-electron chi connectivity index (χ4n) is 1.31. The van der Waals surface area contributed by atoms with E-state index >= 15 is 0 Å². The van der Waals surface area contributed by atoms with Gasteiger partial charge in [0.15, 0.2) is 11.6 Å². The molecular formula is C12H6BrF2NO3. The van der Waals surface area contributed by atoms with Gasteiger partial charge in [-0.15, -0.1) is 0 Å². The summed E-state index contributed by atoms with van der Waals surface area (Å²) >= 11 is 3.08. The summed E-state index contributed by atoms with van der Waals surface area (Å²) < 4.78 is 31.4. The van der Waals surface area contributed by atoms with Crippen LogP contribution in [0.4, 0.5) is 8.78 Å². The van der Waals surface area contributed by atoms with E-state index in [9.17, 15) is 13.6 Å². The molecule has 98 valence electrons. The molecule has 1 aromatic heterocycles. The van der Waals surface area contributed by atoms with E-state index in [4.69, 9.17) is 9.84 Å². The zero-order valence-electron chi connectivity index (χ0n) is 9.23. The minimum absolute atomic E-state index is 0.0452. The number of carbonyl (C=O) groups is 1. The Morgan fingerprint density at radius 2 is 2.00 bits per heavy atom. The summed E-state index contributed by atoms with van der Waals surface area (Å²) in [7, 11) is 0. The van der Waals surface area contributed by atoms with Crippen LogP contribution in [-0.4, -0.2) is 16.1 Å². The van der Waals surface area contributed by atoms with Crippen LogP contribution < -0.4 is 4.74 Å². The Morgan fingerprint density at radius 3 is 2.63 bits per heavy atom. The summed E-state index contributed by atoms with van der Waals surface area (Å²) in [6.45, 7) is 0. The highest BCUT2D eigenvalue weighted by Crippen LogP contribution is 2.26. The molecule has 0 aliphatic heterocycles. The fraction of sp³-hybridized carbons (Fsp3) is 0. The summed E-state index contributed by atoms with van der Waals surface area (Å²) in [5.41, 5.74) is -0.195. The predicted molar refractivity (Wildman–Crippen MR) is 65.3 cm³/mol. The molecule has 2 aromatic rings. The zero-order chi connectivity index (χ0) is 14.0. The van der Waals surface area contributed by atoms with Crippen LogP contribution in [0.1, 0.15) is 10.4 Å². The molecular weight excluding hydrogens is 324 g/mol. The molecule has 0 spiro atoms. The van der Waals surface area contributed by atoms with E-state index in [-0.39, 0.29) is 17.2 Å². The summed E-state index contributed by atoms with van der Waals surface area (Å²) in [5.74, 6) is -3.61. The molecule has 0 aliphatic carbocycles. The number of pyridine rings is 1. The third-order valence-corrected chi connectivity index (χ3v) is 2.59. The fourth-order valence-corrected chi connectivity index (χ4v) is 1.64. The third kappa shape index (κ3) is 3.05. The van der Waals surface area contributed by atoms with Crippen LogP contribution in [0.5, 0.6) is 11.6 Å². The molecule has 0 radical (unpaired) electrons. The van der Waals surface area contributed by atoms with Gasteiger partial charge in [0.25, 0.3) is 0 Å². The summed E-state index contributed by atoms with van der Waals surface area (Å²) in [5, 5.41) is 8.99. The van der Waals surface area contributed by atoms with Crippen LogP contribution in [0.2, 0.25) is 0 Å². The lowest BCUT2D eigenvalue weighted by atomic mass is 10.2. The molecule has 19 heavy (non-hydrogen) atoms. The van der Waals surface area contributed by atoms with Gasteiger partial charge in [0.2, 0.25) is 5.88 Å². The number of ether oxygens (including phenoxy) is 1. The number of aromatic carboxylic acids is 1. The molecule has 1 aromatic carbocycles. The second-order valence-electron chi connectivity index (χ2n) is 3.49. The van der Waals surface area contributed by atoms with Gasteiger partial charge in [0.05, 0.1) is 0 Å². The van der Waals surface area contributed by atoms with Gasteiger partial charge in [-0.1, -0.05) is 0 Å². The zero-order valence-corrected chi connectivity index (χ0v) is 10.8. The van der Waals surface area contributed by atoms with E-state index in [2.05, 4.69) is 20.9 Å². The van der Waals surface area contributed by atoms with E-state index in [1.54, 1.807) is 0 Å². The number of nitrogens with zero attached hydrogens (tertiary/aromatic N) is 1. The monoisotopic (exact) mass is 329 g/mol. The maximum Gasteiger partial charge on any atom is 0.341 e. The topological polar surface area (TPSA) is 59.4 Å². The maximum absolute atomic E-state index is 13.0. The number of benzene rings is 1. The first-order valence-corrected chi connectivity index (χ1v) is 5.78. The summed E-state index contributed by atoms with van der Waals surface area (Å²) in [6.07, 6.45) is 1.33. The quantitative estimate of drug-likeness (QED) is 0.934. The number of hydrogen-bond acceptors (Lipinski definition) is 3. The Morgan fingerprint density at radius 1 is 1.26 bits per heavy atom. The molecule has 0 aliphatic rings. The molecule has 2 rings (SSSR count). The van der Waals surface area contributed by atoms with Crippen molar-refractivity contribution in [2.75, 3.05) is 0 Å². The molecule has 1 N–H and O–H groups in total. The maximum atomic E-state index is 13.0. The third-order valence-electron chi connectivity index (χ3n) is 2.15. The van der Waals surface area contributed by atoms with Gasteiger partial charge in [-0.3, -0.25) is 0 Å². The van der Waals surface area contributed by atoms with Gasteiger partial charge in [0.1, 0.15) is 11.3 Å². The normalized spacial score (nSPS) is 10.3. The van der Waals surface area contributed by atoms with Crippen molar-refractivity contribution >= 4 is 21.9 Å². The van der Waals surface area contributed by atoms with Crippen LogP contribution in [0.25, 0.3) is 0 Å². The molecule has 4 nitrogen and oxygen atoms in total. The van der Waals surface area contributed by atoms with Crippen LogP contribution in [0.3, 0.4) is 0 Å². The second-order valence-corrected chi connectivity index (χ2v) is 4.41. The highest BCUT2D eigenvalue weighted by Gasteiger charge is 2.15. The van der Waals surface area contributed by atoms with Crippen molar-refractivity contribution in [3.63, 3.8) is 0 Å². The lowest BCUT2D eigenvalue weighted by Crippen LogP contribution is -2.02. The van der Waals surface area contributed by atoms with E-state index in [0.717, 1.165) is 12.1 Å². The minimum Gasteiger partial charge on any atom is -0.477 e. The van der Waals surface area contributed by atoms with Crippen LogP contribution >= 0.6 is 15.9 Å². The minimum atomic E-state index is -1.24. The van der Waals surface area contributed by atoms with E-state index in [1.807, 2.05) is 0 Å². The largest absolute Gasteiger partial charge is 0.477 e. The van der Waals surface area contributed by atoms with Gasteiger partial charge in [-0.2, -0.15) is 0 Å². The van der Waals surface area contributed by atoms with Crippen molar-refractivity contribution in [1.82, 2.24) is 4.98 Å². The molecule has 0 amide bonds. The Hall–Kier alpha value is -2.02. The first-order chi connectivity index (χ1) is 8.97. The van der Waals surface area contributed by atoms with Gasteiger partial charge in [-0.05, 0) is 34.1 Å². The molecule has 0 saturated heterocycles. The smallest absolute Gasteiger partial charge is 0.341 e. The van der Waals surface area contributed by atoms with Crippen LogP contribution in [0, 0.1) is 11.6 Å². The Balaban J connectivity index is 2.37. The SMILES string of the molecule is O=C(O)c1cc(Br)cnc1Oc1ccc(F)c(F)c1. The first kappa shape index (κ1) is 13.4. The van der Waals surface area contributed by atoms with Crippen LogP contribution in [0.15, 0.2) is 34.9 Å². The Bertz CT molecular complexity index is 649. The molecule has 0 bridgehead atoms. The molecule has 0 unspecified atom stereocenters. The highest BCUT2D eigenvalue weighted by molar-refractivity contribution is 9.10. The molecule has 0 saturated carbocycles. The van der Waals surface area contributed by atoms with Gasteiger partial charge >= 0.3 is 5.97 Å². The van der Waals surface area contributed by atoms with Crippen molar-refractivity contribution in [3.8, 4) is 11.6 Å². The predicted octanol–water partition coefficient (Wildman–Crippen LogP) is 3.61. The van der Waals surface area contributed by atoms with Gasteiger partial charge in [-0.25, -0.2) is 18.6 Å². The van der Waals surface area contributed by atoms with E-state index in [0.29, 0.717) is 4.47 Å². The Labute approximate surface area is 114 Å². The number of hydrogen-bond donors (Lipinski definition) is 1. The summed E-state index contributed by atoms with van der Waals surface area (Å²) in [4.78, 5) is 14.8. The van der Waals surface area contributed by atoms with E-state index < -0.39 is 17.6 Å². The number of rotatable bonds is 3. The van der Waals surface area contributed by atoms with Crippen molar-refractivity contribution in [3.05, 3.63) is 52.1 Å². The molecule has 0 fully saturated rings. The number of halogens is 3. The van der Waals surface area contributed by atoms with Gasteiger partial charge in [0, 0.05) is 16.7 Å². The number of aromatic nitrogens is 1. The average molecular weight is 330 g/mol. The van der Waals surface area contributed by atoms with E-state index in [1.165, 1.54) is 18.3 Å². The highest BCUT2D eigenvalue weighted by atomic mass is 79.9. The molecule has 1 heterocycles. The number of carboxylic acid groups (broad SMARTS) is 1. The van der Waals surface area contributed by atoms with Crippen molar-refractivity contribution < 1.29 is 23.4 Å². The Kier molecular flexibility index (Phi) is 3.75. The number of carboxylic acids is 1.